The summed E-state index contributed by atoms with van der Waals surface area (Å²) in [5.74, 6) is -0.0192. The number of nitrogens with one attached hydrogen (secondary N) is 1. The smallest absolute Gasteiger partial charge is 0.407 e. The third-order valence-electron chi connectivity index (χ3n) is 7.20. The molecule has 0 spiro atoms. The van der Waals surface area contributed by atoms with Crippen molar-refractivity contribution in [3.05, 3.63) is 59.7 Å². The summed E-state index contributed by atoms with van der Waals surface area (Å²) in [5, 5.41) is 12.4. The lowest BCUT2D eigenvalue weighted by molar-refractivity contribution is -0.151. The van der Waals surface area contributed by atoms with Crippen LogP contribution in [0.1, 0.15) is 36.3 Å². The first-order chi connectivity index (χ1) is 17.0. The second kappa shape index (κ2) is 10.3. The van der Waals surface area contributed by atoms with E-state index in [1.807, 2.05) is 24.3 Å². The highest BCUT2D eigenvalue weighted by molar-refractivity contribution is 7.99. The van der Waals surface area contributed by atoms with Gasteiger partial charge in [-0.25, -0.2) is 9.59 Å². The fourth-order valence-electron chi connectivity index (χ4n) is 5.19. The van der Waals surface area contributed by atoms with Crippen LogP contribution in [-0.4, -0.2) is 65.2 Å². The number of carbonyl (C=O) groups excluding carboxylic acids is 2. The largest absolute Gasteiger partial charge is 0.480 e. The molecule has 35 heavy (non-hydrogen) atoms. The van der Waals surface area contributed by atoms with Crippen LogP contribution in [0.25, 0.3) is 11.1 Å². The number of hydrogen-bond donors (Lipinski definition) is 2. The molecular formula is C27H30N2O5S. The fraction of sp³-hybridized carbons (Fsp3) is 0.444. The van der Waals surface area contributed by atoms with E-state index >= 15 is 0 Å². The number of benzene rings is 2. The number of aliphatic carboxylic acids is 1. The Morgan fingerprint density at radius 3 is 2.34 bits per heavy atom. The summed E-state index contributed by atoms with van der Waals surface area (Å²) in [7, 11) is 0. The van der Waals surface area contributed by atoms with Gasteiger partial charge in [0.15, 0.2) is 0 Å². The van der Waals surface area contributed by atoms with Crippen molar-refractivity contribution in [1.29, 1.82) is 0 Å². The summed E-state index contributed by atoms with van der Waals surface area (Å²) in [5.41, 5.74) is 4.62. The molecule has 1 aliphatic heterocycles. The highest BCUT2D eigenvalue weighted by Gasteiger charge is 2.38. The first kappa shape index (κ1) is 23.7. The van der Waals surface area contributed by atoms with Crippen molar-refractivity contribution in [3.63, 3.8) is 0 Å². The Morgan fingerprint density at radius 2 is 1.71 bits per heavy atom. The van der Waals surface area contributed by atoms with Crippen molar-refractivity contribution >= 4 is 29.7 Å². The molecule has 3 aliphatic rings. The molecule has 0 aromatic heterocycles. The molecule has 8 heteroatoms. The van der Waals surface area contributed by atoms with Gasteiger partial charge in [-0.2, -0.15) is 11.8 Å². The van der Waals surface area contributed by atoms with Gasteiger partial charge in [-0.05, 0) is 34.6 Å². The zero-order chi connectivity index (χ0) is 24.4. The quantitative estimate of drug-likeness (QED) is 0.577. The summed E-state index contributed by atoms with van der Waals surface area (Å²) >= 11 is 1.55. The van der Waals surface area contributed by atoms with Gasteiger partial charge in [-0.1, -0.05) is 61.4 Å². The fourth-order valence-corrected chi connectivity index (χ4v) is 6.23. The second-order valence-corrected chi connectivity index (χ2v) is 10.7. The van der Waals surface area contributed by atoms with Crippen LogP contribution in [0.4, 0.5) is 4.79 Å². The van der Waals surface area contributed by atoms with E-state index in [9.17, 15) is 19.5 Å². The van der Waals surface area contributed by atoms with E-state index in [4.69, 9.17) is 4.74 Å². The van der Waals surface area contributed by atoms with Crippen LogP contribution in [-0.2, 0) is 14.3 Å². The lowest BCUT2D eigenvalue weighted by Crippen LogP contribution is -2.53. The number of carbonyl (C=O) groups is 3. The monoisotopic (exact) mass is 494 g/mol. The van der Waals surface area contributed by atoms with E-state index in [1.165, 1.54) is 16.0 Å². The molecule has 2 N–H and O–H groups in total. The van der Waals surface area contributed by atoms with Crippen LogP contribution in [0.15, 0.2) is 48.5 Å². The molecular weight excluding hydrogens is 464 g/mol. The number of alkyl carbamates (subject to hydrolysis) is 1. The summed E-state index contributed by atoms with van der Waals surface area (Å²) in [6, 6.07) is 15.5. The van der Waals surface area contributed by atoms with Crippen LogP contribution in [0, 0.1) is 11.8 Å². The first-order valence-corrected chi connectivity index (χ1v) is 13.4. The molecule has 0 radical (unpaired) electrons. The molecule has 184 valence electrons. The van der Waals surface area contributed by atoms with Crippen LogP contribution < -0.4 is 5.32 Å². The second-order valence-electron chi connectivity index (χ2n) is 9.54. The molecule has 2 fully saturated rings. The summed E-state index contributed by atoms with van der Waals surface area (Å²) in [6.45, 7) is 0.792. The van der Waals surface area contributed by atoms with Crippen molar-refractivity contribution in [2.75, 3.05) is 31.2 Å². The van der Waals surface area contributed by atoms with E-state index in [-0.39, 0.29) is 25.0 Å². The van der Waals surface area contributed by atoms with Crippen LogP contribution in [0.2, 0.25) is 0 Å². The number of hydrogen-bond acceptors (Lipinski definition) is 5. The highest BCUT2D eigenvalue weighted by atomic mass is 32.2. The minimum Gasteiger partial charge on any atom is -0.480 e. The molecule has 0 bridgehead atoms. The van der Waals surface area contributed by atoms with Gasteiger partial charge in [0.25, 0.3) is 0 Å². The lowest BCUT2D eigenvalue weighted by atomic mass is 9.98. The Balaban J connectivity index is 1.21. The van der Waals surface area contributed by atoms with Gasteiger partial charge in [-0.15, -0.1) is 0 Å². The number of thioether (sulfide) groups is 1. The number of ether oxygens (including phenoxy) is 1. The third-order valence-corrected chi connectivity index (χ3v) is 8.22. The van der Waals surface area contributed by atoms with Crippen LogP contribution >= 0.6 is 11.8 Å². The minimum atomic E-state index is -0.972. The molecule has 1 heterocycles. The summed E-state index contributed by atoms with van der Waals surface area (Å²) < 4.78 is 5.62. The molecule has 2 aromatic carbocycles. The molecule has 1 saturated heterocycles. The molecule has 7 nitrogen and oxygen atoms in total. The summed E-state index contributed by atoms with van der Waals surface area (Å²) in [4.78, 5) is 39.1. The van der Waals surface area contributed by atoms with E-state index in [0.717, 1.165) is 29.7 Å². The highest BCUT2D eigenvalue weighted by Crippen LogP contribution is 2.44. The average molecular weight is 495 g/mol. The number of nitrogens with zero attached hydrogens (tertiary/aromatic N) is 1. The Labute approximate surface area is 209 Å². The lowest BCUT2D eigenvalue weighted by Gasteiger charge is -2.35. The Bertz CT molecular complexity index is 1070. The molecule has 1 saturated carbocycles. The number of carboxylic acid groups (broad SMARTS) is 1. The van der Waals surface area contributed by atoms with Gasteiger partial charge in [0.05, 0.1) is 5.92 Å². The number of carboxylic acids is 1. The maximum Gasteiger partial charge on any atom is 0.407 e. The van der Waals surface area contributed by atoms with Crippen molar-refractivity contribution in [3.8, 4) is 11.1 Å². The van der Waals surface area contributed by atoms with Gasteiger partial charge in [0, 0.05) is 30.5 Å². The Kier molecular flexibility index (Phi) is 7.00. The zero-order valence-electron chi connectivity index (χ0n) is 19.5. The van der Waals surface area contributed by atoms with Crippen molar-refractivity contribution < 1.29 is 24.2 Å². The van der Waals surface area contributed by atoms with E-state index in [2.05, 4.69) is 29.6 Å². The van der Waals surface area contributed by atoms with E-state index < -0.39 is 24.0 Å². The maximum atomic E-state index is 13.3. The molecule has 2 aliphatic carbocycles. The third kappa shape index (κ3) is 5.17. The molecule has 2 amide bonds. The van der Waals surface area contributed by atoms with Gasteiger partial charge < -0.3 is 20.1 Å². The first-order valence-electron chi connectivity index (χ1n) is 12.2. The molecule has 5 rings (SSSR count). The predicted molar refractivity (Wildman–Crippen MR) is 134 cm³/mol. The summed E-state index contributed by atoms with van der Waals surface area (Å²) in [6.07, 6.45) is 2.27. The number of rotatable bonds is 8. The SMILES string of the molecule is O=C(NCC(CC1CC1)C(=O)N1CCSCC1C(=O)O)OCC1c2ccccc2-c2ccccc21. The predicted octanol–water partition coefficient (Wildman–Crippen LogP) is 3.97. The van der Waals surface area contributed by atoms with Gasteiger partial charge in [-0.3, -0.25) is 4.79 Å². The minimum absolute atomic E-state index is 0.0285. The maximum absolute atomic E-state index is 13.3. The van der Waals surface area contributed by atoms with E-state index in [0.29, 0.717) is 24.6 Å². The van der Waals surface area contributed by atoms with Gasteiger partial charge in [0.2, 0.25) is 5.91 Å². The molecule has 2 unspecified atom stereocenters. The van der Waals surface area contributed by atoms with Crippen molar-refractivity contribution in [2.45, 2.75) is 31.2 Å². The van der Waals surface area contributed by atoms with Crippen LogP contribution in [0.5, 0.6) is 0 Å². The Morgan fingerprint density at radius 1 is 1.06 bits per heavy atom. The van der Waals surface area contributed by atoms with Crippen molar-refractivity contribution in [2.24, 2.45) is 11.8 Å². The standard InChI is InChI=1S/C27H30N2O5S/c30-25(29-11-12-35-16-24(29)26(31)32)18(13-17-9-10-17)14-28-27(33)34-15-23-21-7-3-1-5-19(21)20-6-2-4-8-22(20)23/h1-8,17-18,23-24H,9-16H2,(H,28,33)(H,31,32). The zero-order valence-corrected chi connectivity index (χ0v) is 20.3. The normalized spacial score (nSPS) is 20.0. The Hall–Kier alpha value is -3.00. The molecule has 2 atom stereocenters. The van der Waals surface area contributed by atoms with Gasteiger partial charge >= 0.3 is 12.1 Å². The van der Waals surface area contributed by atoms with Crippen LogP contribution in [0.3, 0.4) is 0 Å². The average Bonchev–Trinajstić information content (AvgIpc) is 3.65. The van der Waals surface area contributed by atoms with Crippen molar-refractivity contribution in [1.82, 2.24) is 10.2 Å². The number of amides is 2. The molecule has 2 aromatic rings. The number of fused-ring (bicyclic) bond motifs is 3. The topological polar surface area (TPSA) is 95.9 Å². The van der Waals surface area contributed by atoms with E-state index in [1.54, 1.807) is 11.8 Å². The van der Waals surface area contributed by atoms with Gasteiger partial charge in [0.1, 0.15) is 12.6 Å².